The summed E-state index contributed by atoms with van der Waals surface area (Å²) in [4.78, 5) is 9.03. The molecule has 0 radical (unpaired) electrons. The normalized spacial score (nSPS) is 11.3. The number of rotatable bonds is 8. The van der Waals surface area contributed by atoms with E-state index in [1.165, 1.54) is 32.1 Å². The predicted octanol–water partition coefficient (Wildman–Crippen LogP) is 5.29. The van der Waals surface area contributed by atoms with Crippen LogP contribution in [0.5, 0.6) is 0 Å². The van der Waals surface area contributed by atoms with E-state index >= 15 is 0 Å². The highest BCUT2D eigenvalue weighted by atomic mass is 79.9. The molecule has 0 N–H and O–H groups in total. The minimum atomic E-state index is 0.434. The summed E-state index contributed by atoms with van der Waals surface area (Å²) >= 11 is 9.43. The third-order valence-electron chi connectivity index (χ3n) is 3.49. The molecular weight excluding hydrogens is 338 g/mol. The number of hydrogen-bond donors (Lipinski definition) is 0. The average molecular weight is 359 g/mol. The molecule has 0 unspecified atom stereocenters. The lowest BCUT2D eigenvalue weighted by Crippen LogP contribution is -2.03. The molecule has 3 nitrogen and oxygen atoms in total. The Hall–Kier alpha value is -0.610. The van der Waals surface area contributed by atoms with E-state index in [-0.39, 0.29) is 0 Å². The largest absolute Gasteiger partial charge is 0.312 e. The molecule has 5 heteroatoms. The van der Waals surface area contributed by atoms with Crippen LogP contribution in [0, 0.1) is 0 Å². The van der Waals surface area contributed by atoms with Crippen LogP contribution >= 0.6 is 27.5 Å². The molecule has 0 aliphatic carbocycles. The molecule has 2 rings (SSSR count). The summed E-state index contributed by atoms with van der Waals surface area (Å²) in [5, 5.41) is 0. The lowest BCUT2D eigenvalue weighted by molar-refractivity contribution is 0.555. The van der Waals surface area contributed by atoms with Crippen molar-refractivity contribution in [2.75, 3.05) is 0 Å². The highest BCUT2D eigenvalue weighted by Crippen LogP contribution is 2.20. The molecule has 0 aliphatic rings. The molecular formula is C15H21BrClN3. The number of imidazole rings is 1. The van der Waals surface area contributed by atoms with Crippen molar-refractivity contribution >= 4 is 38.7 Å². The van der Waals surface area contributed by atoms with Gasteiger partial charge in [0.25, 0.3) is 0 Å². The molecule has 2 aromatic heterocycles. The summed E-state index contributed by atoms with van der Waals surface area (Å²) in [6, 6.07) is 2.00. The Bertz CT molecular complexity index is 553. The zero-order valence-electron chi connectivity index (χ0n) is 11.9. The van der Waals surface area contributed by atoms with E-state index in [4.69, 9.17) is 11.6 Å². The Balaban J connectivity index is 2.01. The molecule has 0 amide bonds. The number of nitrogens with zero attached hydrogens (tertiary/aromatic N) is 3. The van der Waals surface area contributed by atoms with Crippen LogP contribution < -0.4 is 0 Å². The van der Waals surface area contributed by atoms with Crippen LogP contribution in [0.4, 0.5) is 0 Å². The first-order valence-corrected chi connectivity index (χ1v) is 8.65. The molecule has 0 saturated heterocycles. The Kier molecular flexibility index (Phi) is 6.30. The van der Waals surface area contributed by atoms with Crippen LogP contribution in [-0.4, -0.2) is 14.5 Å². The van der Waals surface area contributed by atoms with Crippen molar-refractivity contribution in [2.45, 2.75) is 57.9 Å². The van der Waals surface area contributed by atoms with Gasteiger partial charge in [0.2, 0.25) is 0 Å². The summed E-state index contributed by atoms with van der Waals surface area (Å²) in [6.45, 7) is 3.20. The summed E-state index contributed by atoms with van der Waals surface area (Å²) in [7, 11) is 0. The SMILES string of the molecule is CCCCCCCCn1c(CCl)nc2cc(Br)cnc21. The highest BCUT2D eigenvalue weighted by Gasteiger charge is 2.11. The number of alkyl halides is 1. The Labute approximate surface area is 133 Å². The van der Waals surface area contributed by atoms with E-state index in [2.05, 4.69) is 37.4 Å². The first kappa shape index (κ1) is 15.8. The molecule has 110 valence electrons. The van der Waals surface area contributed by atoms with Gasteiger partial charge >= 0.3 is 0 Å². The van der Waals surface area contributed by atoms with Gasteiger partial charge in [0.15, 0.2) is 5.65 Å². The third-order valence-corrected chi connectivity index (χ3v) is 4.16. The number of aryl methyl sites for hydroxylation is 1. The quantitative estimate of drug-likeness (QED) is 0.474. The zero-order valence-corrected chi connectivity index (χ0v) is 14.3. The molecule has 0 aromatic carbocycles. The van der Waals surface area contributed by atoms with Crippen molar-refractivity contribution in [1.29, 1.82) is 0 Å². The topological polar surface area (TPSA) is 30.7 Å². The van der Waals surface area contributed by atoms with Crippen LogP contribution in [0.15, 0.2) is 16.7 Å². The maximum atomic E-state index is 6.00. The van der Waals surface area contributed by atoms with Crippen LogP contribution in [0.2, 0.25) is 0 Å². The standard InChI is InChI=1S/C15H21BrClN3/c1-2-3-4-5-6-7-8-20-14(10-17)19-13-9-12(16)11-18-15(13)20/h9,11H,2-8,10H2,1H3. The molecule has 2 heterocycles. The average Bonchev–Trinajstić information content (AvgIpc) is 2.79. The third kappa shape index (κ3) is 3.95. The van der Waals surface area contributed by atoms with E-state index < -0.39 is 0 Å². The molecule has 0 spiro atoms. The monoisotopic (exact) mass is 357 g/mol. The fraction of sp³-hybridized carbons (Fsp3) is 0.600. The van der Waals surface area contributed by atoms with E-state index in [0.717, 1.165) is 34.4 Å². The minimum Gasteiger partial charge on any atom is -0.312 e. The van der Waals surface area contributed by atoms with Gasteiger partial charge in [0.05, 0.1) is 5.88 Å². The minimum absolute atomic E-state index is 0.434. The first-order valence-electron chi connectivity index (χ1n) is 7.33. The fourth-order valence-corrected chi connectivity index (χ4v) is 2.94. The van der Waals surface area contributed by atoms with E-state index in [0.29, 0.717) is 5.88 Å². The predicted molar refractivity (Wildman–Crippen MR) is 88.2 cm³/mol. The van der Waals surface area contributed by atoms with E-state index in [1.54, 1.807) is 0 Å². The number of hydrogen-bond acceptors (Lipinski definition) is 2. The van der Waals surface area contributed by atoms with Gasteiger partial charge < -0.3 is 4.57 Å². The van der Waals surface area contributed by atoms with Gasteiger partial charge in [-0.3, -0.25) is 0 Å². The maximum Gasteiger partial charge on any atom is 0.160 e. The summed E-state index contributed by atoms with van der Waals surface area (Å²) in [5.74, 6) is 1.35. The van der Waals surface area contributed by atoms with Crippen molar-refractivity contribution in [2.24, 2.45) is 0 Å². The summed E-state index contributed by atoms with van der Waals surface area (Å²) in [6.07, 6.45) is 9.54. The number of aromatic nitrogens is 3. The van der Waals surface area contributed by atoms with Gasteiger partial charge in [-0.25, -0.2) is 9.97 Å². The van der Waals surface area contributed by atoms with Crippen molar-refractivity contribution in [1.82, 2.24) is 14.5 Å². The van der Waals surface area contributed by atoms with Crippen molar-refractivity contribution in [3.05, 3.63) is 22.6 Å². The number of unbranched alkanes of at least 4 members (excludes halogenated alkanes) is 5. The molecule has 2 aromatic rings. The van der Waals surface area contributed by atoms with Gasteiger partial charge in [-0.2, -0.15) is 0 Å². The lowest BCUT2D eigenvalue weighted by Gasteiger charge is -2.07. The second kappa shape index (κ2) is 7.99. The lowest BCUT2D eigenvalue weighted by atomic mass is 10.1. The second-order valence-corrected chi connectivity index (χ2v) is 6.26. The van der Waals surface area contributed by atoms with Gasteiger partial charge in [-0.15, -0.1) is 11.6 Å². The highest BCUT2D eigenvalue weighted by molar-refractivity contribution is 9.10. The van der Waals surface area contributed by atoms with Crippen LogP contribution in [-0.2, 0) is 12.4 Å². The van der Waals surface area contributed by atoms with Crippen molar-refractivity contribution in [3.63, 3.8) is 0 Å². The van der Waals surface area contributed by atoms with Gasteiger partial charge in [-0.1, -0.05) is 39.0 Å². The van der Waals surface area contributed by atoms with Gasteiger partial charge in [0.1, 0.15) is 11.3 Å². The molecule has 0 atom stereocenters. The zero-order chi connectivity index (χ0) is 14.4. The molecule has 0 saturated carbocycles. The molecule has 0 aliphatic heterocycles. The van der Waals surface area contributed by atoms with Crippen LogP contribution in [0.25, 0.3) is 11.2 Å². The Morgan fingerprint density at radius 3 is 2.70 bits per heavy atom. The number of pyridine rings is 1. The number of halogens is 2. The fourth-order valence-electron chi connectivity index (χ4n) is 2.42. The van der Waals surface area contributed by atoms with Gasteiger partial charge in [0, 0.05) is 17.2 Å². The Morgan fingerprint density at radius 2 is 1.95 bits per heavy atom. The molecule has 0 fully saturated rings. The van der Waals surface area contributed by atoms with E-state index in [9.17, 15) is 0 Å². The van der Waals surface area contributed by atoms with Crippen LogP contribution in [0.1, 0.15) is 51.3 Å². The maximum absolute atomic E-state index is 6.00. The molecule has 20 heavy (non-hydrogen) atoms. The van der Waals surface area contributed by atoms with Gasteiger partial charge in [-0.05, 0) is 28.4 Å². The smallest absolute Gasteiger partial charge is 0.160 e. The summed E-state index contributed by atoms with van der Waals surface area (Å²) in [5.41, 5.74) is 1.86. The van der Waals surface area contributed by atoms with Crippen molar-refractivity contribution in [3.8, 4) is 0 Å². The first-order chi connectivity index (χ1) is 9.76. The summed E-state index contributed by atoms with van der Waals surface area (Å²) < 4.78 is 3.12. The second-order valence-electron chi connectivity index (χ2n) is 5.08. The van der Waals surface area contributed by atoms with E-state index in [1.807, 2.05) is 12.3 Å². The van der Waals surface area contributed by atoms with Crippen LogP contribution in [0.3, 0.4) is 0 Å². The number of fused-ring (bicyclic) bond motifs is 1. The van der Waals surface area contributed by atoms with Crippen molar-refractivity contribution < 1.29 is 0 Å². The molecule has 0 bridgehead atoms. The Morgan fingerprint density at radius 1 is 1.20 bits per heavy atom.